The van der Waals surface area contributed by atoms with Crippen molar-refractivity contribution in [2.45, 2.75) is 25.2 Å². The first kappa shape index (κ1) is 21.4. The van der Waals surface area contributed by atoms with Gasteiger partial charge in [-0.3, -0.25) is 4.79 Å². The van der Waals surface area contributed by atoms with Crippen molar-refractivity contribution < 1.29 is 22.3 Å². The molecule has 1 saturated heterocycles. The molecular weight excluding hydrogens is 395 g/mol. The number of amides is 1. The smallest absolute Gasteiger partial charge is 0.227 e. The number of carbonyl (C=O) groups is 1. The predicted molar refractivity (Wildman–Crippen MR) is 109 cm³/mol. The van der Waals surface area contributed by atoms with E-state index in [1.807, 2.05) is 24.3 Å². The highest BCUT2D eigenvalue weighted by Crippen LogP contribution is 2.23. The van der Waals surface area contributed by atoms with Gasteiger partial charge in [0.05, 0.1) is 12.4 Å². The molecule has 0 radical (unpaired) electrons. The highest BCUT2D eigenvalue weighted by atomic mass is 32.2. The van der Waals surface area contributed by atoms with E-state index in [0.29, 0.717) is 43.8 Å². The van der Waals surface area contributed by atoms with Crippen LogP contribution in [0.15, 0.2) is 48.5 Å². The van der Waals surface area contributed by atoms with E-state index in [-0.39, 0.29) is 17.6 Å². The lowest BCUT2D eigenvalue weighted by molar-refractivity contribution is -0.120. The lowest BCUT2D eigenvalue weighted by atomic mass is 9.97. The van der Waals surface area contributed by atoms with Crippen LogP contribution in [0.25, 0.3) is 0 Å². The van der Waals surface area contributed by atoms with Crippen LogP contribution in [0, 0.1) is 11.7 Å². The second kappa shape index (κ2) is 9.47. The number of ether oxygens (including phenoxy) is 1. The zero-order chi connectivity index (χ0) is 20.9. The molecule has 1 N–H and O–H groups in total. The van der Waals surface area contributed by atoms with Crippen LogP contribution in [0.2, 0.25) is 0 Å². The quantitative estimate of drug-likeness (QED) is 0.747. The van der Waals surface area contributed by atoms with E-state index in [4.69, 9.17) is 4.74 Å². The topological polar surface area (TPSA) is 75.7 Å². The molecule has 1 heterocycles. The van der Waals surface area contributed by atoms with Gasteiger partial charge in [0.25, 0.3) is 0 Å². The standard InChI is InChI=1S/C21H25FN2O4S/c1-28-14-17-3-2-4-20(13-17)23-21(25)18-9-11-24(12-10-18)29(26,27)15-16-5-7-19(22)8-6-16/h2-8,13,18H,9-12,14-15H2,1H3,(H,23,25). The molecule has 156 valence electrons. The third kappa shape index (κ3) is 5.85. The number of carbonyl (C=O) groups excluding carboxylic acids is 1. The molecule has 3 rings (SSSR count). The zero-order valence-corrected chi connectivity index (χ0v) is 17.1. The van der Waals surface area contributed by atoms with Gasteiger partial charge in [-0.05, 0) is 48.2 Å². The van der Waals surface area contributed by atoms with Crippen molar-refractivity contribution >= 4 is 21.6 Å². The summed E-state index contributed by atoms with van der Waals surface area (Å²) in [5, 5.41) is 2.91. The number of hydrogen-bond donors (Lipinski definition) is 1. The first-order valence-electron chi connectivity index (χ1n) is 9.48. The Morgan fingerprint density at radius 1 is 1.14 bits per heavy atom. The molecule has 0 atom stereocenters. The van der Waals surface area contributed by atoms with Gasteiger partial charge in [0, 0.05) is 31.8 Å². The summed E-state index contributed by atoms with van der Waals surface area (Å²) in [5.74, 6) is -0.907. The molecule has 0 saturated carbocycles. The van der Waals surface area contributed by atoms with Gasteiger partial charge in [-0.15, -0.1) is 0 Å². The molecule has 2 aromatic rings. The molecule has 2 aromatic carbocycles. The van der Waals surface area contributed by atoms with E-state index in [1.165, 1.54) is 28.6 Å². The molecule has 8 heteroatoms. The number of benzene rings is 2. The Balaban J connectivity index is 1.54. The third-order valence-electron chi connectivity index (χ3n) is 4.99. The van der Waals surface area contributed by atoms with Gasteiger partial charge in [-0.1, -0.05) is 24.3 Å². The maximum absolute atomic E-state index is 13.0. The Morgan fingerprint density at radius 2 is 1.83 bits per heavy atom. The fraction of sp³-hybridized carbons (Fsp3) is 0.381. The summed E-state index contributed by atoms with van der Waals surface area (Å²) in [6.07, 6.45) is 0.929. The second-order valence-corrected chi connectivity index (χ2v) is 9.15. The Morgan fingerprint density at radius 3 is 2.48 bits per heavy atom. The Bertz CT molecular complexity index is 939. The minimum atomic E-state index is -3.50. The van der Waals surface area contributed by atoms with Crippen molar-refractivity contribution in [3.63, 3.8) is 0 Å². The fourth-order valence-electron chi connectivity index (χ4n) is 3.43. The number of rotatable bonds is 7. The molecule has 1 amide bonds. The molecule has 1 aliphatic heterocycles. The Kier molecular flexibility index (Phi) is 7.00. The minimum Gasteiger partial charge on any atom is -0.380 e. The first-order valence-corrected chi connectivity index (χ1v) is 11.1. The van der Waals surface area contributed by atoms with Crippen LogP contribution < -0.4 is 5.32 Å². The van der Waals surface area contributed by atoms with Crippen LogP contribution in [-0.4, -0.2) is 38.8 Å². The lowest BCUT2D eigenvalue weighted by Crippen LogP contribution is -2.41. The summed E-state index contributed by atoms with van der Waals surface area (Å²) in [4.78, 5) is 12.6. The summed E-state index contributed by atoms with van der Waals surface area (Å²) >= 11 is 0. The molecule has 29 heavy (non-hydrogen) atoms. The van der Waals surface area contributed by atoms with Gasteiger partial charge >= 0.3 is 0 Å². The molecule has 0 bridgehead atoms. The summed E-state index contributed by atoms with van der Waals surface area (Å²) < 4.78 is 44.8. The van der Waals surface area contributed by atoms with Crippen LogP contribution in [-0.2, 0) is 31.9 Å². The van der Waals surface area contributed by atoms with E-state index in [0.717, 1.165) is 5.56 Å². The fourth-order valence-corrected chi connectivity index (χ4v) is 4.99. The number of nitrogens with zero attached hydrogens (tertiary/aromatic N) is 1. The molecule has 1 aliphatic rings. The van der Waals surface area contributed by atoms with Gasteiger partial charge < -0.3 is 10.1 Å². The molecule has 6 nitrogen and oxygen atoms in total. The Hall–Kier alpha value is -2.29. The summed E-state index contributed by atoms with van der Waals surface area (Å²) in [5.41, 5.74) is 2.21. The summed E-state index contributed by atoms with van der Waals surface area (Å²) in [6.45, 7) is 1.06. The number of nitrogens with one attached hydrogen (secondary N) is 1. The summed E-state index contributed by atoms with van der Waals surface area (Å²) in [6, 6.07) is 12.9. The van der Waals surface area contributed by atoms with E-state index in [1.54, 1.807) is 7.11 Å². The third-order valence-corrected chi connectivity index (χ3v) is 6.84. The van der Waals surface area contributed by atoms with E-state index < -0.39 is 15.8 Å². The van der Waals surface area contributed by atoms with Crippen molar-refractivity contribution in [3.05, 3.63) is 65.5 Å². The molecule has 0 spiro atoms. The van der Waals surface area contributed by atoms with Crippen molar-refractivity contribution in [1.82, 2.24) is 4.31 Å². The van der Waals surface area contributed by atoms with Crippen LogP contribution in [0.4, 0.5) is 10.1 Å². The van der Waals surface area contributed by atoms with Gasteiger partial charge in [-0.25, -0.2) is 17.1 Å². The second-order valence-electron chi connectivity index (χ2n) is 7.18. The number of hydrogen-bond acceptors (Lipinski definition) is 4. The highest BCUT2D eigenvalue weighted by Gasteiger charge is 2.31. The SMILES string of the molecule is COCc1cccc(NC(=O)C2CCN(S(=O)(=O)Cc3ccc(F)cc3)CC2)c1. The van der Waals surface area contributed by atoms with Gasteiger partial charge in [0.15, 0.2) is 0 Å². The number of sulfonamides is 1. The molecule has 0 unspecified atom stereocenters. The number of halogens is 1. The Labute approximate surface area is 170 Å². The van der Waals surface area contributed by atoms with Crippen LogP contribution in [0.1, 0.15) is 24.0 Å². The number of anilines is 1. The summed E-state index contributed by atoms with van der Waals surface area (Å²) in [7, 11) is -1.89. The number of piperidine rings is 1. The van der Waals surface area contributed by atoms with Gasteiger partial charge in [0.1, 0.15) is 5.82 Å². The van der Waals surface area contributed by atoms with Crippen molar-refractivity contribution in [3.8, 4) is 0 Å². The van der Waals surface area contributed by atoms with E-state index in [2.05, 4.69) is 5.32 Å². The highest BCUT2D eigenvalue weighted by molar-refractivity contribution is 7.88. The van der Waals surface area contributed by atoms with Crippen molar-refractivity contribution in [2.75, 3.05) is 25.5 Å². The minimum absolute atomic E-state index is 0.102. The zero-order valence-electron chi connectivity index (χ0n) is 16.3. The van der Waals surface area contributed by atoms with Crippen molar-refractivity contribution in [2.24, 2.45) is 5.92 Å². The molecule has 1 fully saturated rings. The first-order chi connectivity index (χ1) is 13.9. The predicted octanol–water partition coefficient (Wildman–Crippen LogP) is 3.15. The molecule has 0 aromatic heterocycles. The van der Waals surface area contributed by atoms with E-state index >= 15 is 0 Å². The van der Waals surface area contributed by atoms with Crippen LogP contribution in [0.3, 0.4) is 0 Å². The maximum atomic E-state index is 13.0. The lowest BCUT2D eigenvalue weighted by Gasteiger charge is -2.30. The largest absolute Gasteiger partial charge is 0.380 e. The average Bonchev–Trinajstić information content (AvgIpc) is 2.70. The van der Waals surface area contributed by atoms with Crippen LogP contribution in [0.5, 0.6) is 0 Å². The van der Waals surface area contributed by atoms with E-state index in [9.17, 15) is 17.6 Å². The monoisotopic (exact) mass is 420 g/mol. The molecular formula is C21H25FN2O4S. The van der Waals surface area contributed by atoms with Crippen molar-refractivity contribution in [1.29, 1.82) is 0 Å². The molecule has 0 aliphatic carbocycles. The van der Waals surface area contributed by atoms with Gasteiger partial charge in [-0.2, -0.15) is 0 Å². The average molecular weight is 421 g/mol. The maximum Gasteiger partial charge on any atom is 0.227 e. The van der Waals surface area contributed by atoms with Crippen LogP contribution >= 0.6 is 0 Å². The normalized spacial score (nSPS) is 15.9. The van der Waals surface area contributed by atoms with Gasteiger partial charge in [0.2, 0.25) is 15.9 Å². The number of methoxy groups -OCH3 is 1.